The van der Waals surface area contributed by atoms with Crippen molar-refractivity contribution in [1.29, 1.82) is 0 Å². The van der Waals surface area contributed by atoms with Gasteiger partial charge in [0.1, 0.15) is 23.0 Å². The molecular weight excluding hydrogens is 1670 g/mol. The molecule has 10 aromatic rings. The Labute approximate surface area is 706 Å². The second kappa shape index (κ2) is 69.8. The fraction of sp³-hybridized carbons (Fsp3) is 0.103. The molecule has 0 aromatic heterocycles. The Bertz CT molecular complexity index is 3610. The molecular formula is C78H74N4Ni2O24Y2-2. The van der Waals surface area contributed by atoms with Crippen LogP contribution in [0.15, 0.2) is 275 Å². The quantitative estimate of drug-likeness (QED) is 0.0602. The summed E-state index contributed by atoms with van der Waals surface area (Å²) in [5.74, 6) is -6.90. The first-order valence-corrected chi connectivity index (χ1v) is 30.0. The number of hydrogen-bond acceptors (Lipinski definition) is 28. The van der Waals surface area contributed by atoms with Crippen molar-refractivity contribution < 1.29 is 218 Å². The van der Waals surface area contributed by atoms with Gasteiger partial charge in [-0.1, -0.05) is 254 Å². The average Bonchev–Trinajstić information content (AvgIpc) is 0.871. The molecule has 578 valence electrons. The number of nitrogens with zero attached hydrogens (tertiary/aromatic N) is 4. The first kappa shape index (κ1) is 110. The van der Waals surface area contributed by atoms with Gasteiger partial charge in [-0.3, -0.25) is 0 Å². The van der Waals surface area contributed by atoms with E-state index in [0.29, 0.717) is 22.3 Å². The Morgan fingerprint density at radius 3 is 0.491 bits per heavy atom. The third-order valence-electron chi connectivity index (χ3n) is 11.9. The van der Waals surface area contributed by atoms with Gasteiger partial charge in [-0.2, -0.15) is 20.4 Å². The van der Waals surface area contributed by atoms with Crippen molar-refractivity contribution in [1.82, 2.24) is 0 Å². The number of aliphatic hydroxyl groups excluding tert-OH is 4. The summed E-state index contributed by atoms with van der Waals surface area (Å²) in [4.78, 5) is 60.5. The molecule has 10 aromatic carbocycles. The molecule has 0 atom stereocenters. The van der Waals surface area contributed by atoms with Gasteiger partial charge in [0.25, 0.3) is 0 Å². The molecule has 2 radical (unpaired) electrons. The van der Waals surface area contributed by atoms with E-state index in [9.17, 15) is 79.8 Å². The molecule has 0 amide bonds. The molecule has 0 aliphatic rings. The van der Waals surface area contributed by atoms with E-state index in [1.54, 1.807) is 182 Å². The molecule has 0 aliphatic carbocycles. The standard InChI is InChI=1S/2C16H16N2O4.6C7H6O2.4CH4O.2Ni.2Y/c2*1-21-13-7-3-5-11(15(13)19)9-17-18-10-12-6-4-8-14(22-2)16(12)20;6*8-7(9)6-4-2-1-3-5-6;4*1-2;;;;/h2*3-10,19-20H,1-2H3;6*1-5H,(H,8,9);4*2H,1H3;;;;/q;;;;;;;;;;;;+2;+3;;+3/p-10/b2*17-9+,18-10+;;;;;;;;;;;;;;. The first-order chi connectivity index (χ1) is 51.2. The van der Waals surface area contributed by atoms with Crippen LogP contribution in [0.2, 0.25) is 0 Å². The van der Waals surface area contributed by atoms with E-state index in [1.807, 2.05) is 0 Å². The van der Waals surface area contributed by atoms with Gasteiger partial charge in [0.05, 0.1) is 89.1 Å². The maximum atomic E-state index is 11.9. The number of rotatable bonds is 16. The summed E-state index contributed by atoms with van der Waals surface area (Å²) < 4.78 is 19.7. The Balaban J connectivity index is -0.000000285. The molecule has 0 fully saturated rings. The van der Waals surface area contributed by atoms with Crippen molar-refractivity contribution in [3.8, 4) is 46.0 Å². The van der Waals surface area contributed by atoms with Gasteiger partial charge < -0.3 is 119 Å². The molecule has 4 N–H and O–H groups in total. The smallest absolute Gasteiger partial charge is 0.870 e. The van der Waals surface area contributed by atoms with Crippen LogP contribution in [0.25, 0.3) is 0 Å². The zero-order chi connectivity index (χ0) is 80.0. The molecule has 28 nitrogen and oxygen atoms in total. The van der Waals surface area contributed by atoms with E-state index in [2.05, 4.69) is 20.4 Å². The van der Waals surface area contributed by atoms with Crippen molar-refractivity contribution in [2.75, 3.05) is 56.9 Å². The van der Waals surface area contributed by atoms with Crippen molar-refractivity contribution in [2.45, 2.75) is 0 Å². The molecule has 32 heteroatoms. The summed E-state index contributed by atoms with van der Waals surface area (Å²) in [6.45, 7) is 0. The maximum Gasteiger partial charge on any atom is 3.00 e. The van der Waals surface area contributed by atoms with Gasteiger partial charge in [0, 0.05) is 61.1 Å². The minimum Gasteiger partial charge on any atom is -0.870 e. The number of hydrogen-bond donors (Lipinski definition) is 4. The Morgan fingerprint density at radius 1 is 0.264 bits per heavy atom. The summed E-state index contributed by atoms with van der Waals surface area (Å²) in [5, 5.41) is 151. The number of aliphatic hydroxyl groups is 4. The molecule has 110 heavy (non-hydrogen) atoms. The third-order valence-corrected chi connectivity index (χ3v) is 11.9. The number of carbonyl (C=O) groups is 6. The zero-order valence-electron chi connectivity index (χ0n) is 60.1. The van der Waals surface area contributed by atoms with Crippen LogP contribution >= 0.6 is 0 Å². The third kappa shape index (κ3) is 46.4. The summed E-state index contributed by atoms with van der Waals surface area (Å²) >= 11 is 0. The van der Waals surface area contributed by atoms with E-state index in [4.69, 9.17) is 39.4 Å². The number of carboxylic acid groups (broad SMARTS) is 6. The van der Waals surface area contributed by atoms with Gasteiger partial charge in [0.2, 0.25) is 0 Å². The Kier molecular flexibility index (Phi) is 69.9. The minimum atomic E-state index is -1.13. The Hall–Kier alpha value is -10.9. The number of carboxylic acids is 6. The molecule has 0 heterocycles. The molecule has 0 spiro atoms. The van der Waals surface area contributed by atoms with E-state index < -0.39 is 35.8 Å². The summed E-state index contributed by atoms with van der Waals surface area (Å²) in [5.41, 5.74) is 2.72. The second-order valence-electron chi connectivity index (χ2n) is 18.4. The number of para-hydroxylation sites is 4. The van der Waals surface area contributed by atoms with Crippen molar-refractivity contribution in [3.63, 3.8) is 0 Å². The summed E-state index contributed by atoms with van der Waals surface area (Å²) in [7, 11) is 9.70. The van der Waals surface area contributed by atoms with Crippen molar-refractivity contribution in [2.24, 2.45) is 20.4 Å². The number of ether oxygens (including phenoxy) is 4. The predicted octanol–water partition coefficient (Wildman–Crippen LogP) is 1.33. The predicted molar refractivity (Wildman–Crippen MR) is 377 cm³/mol. The maximum absolute atomic E-state index is 11.9. The minimum absolute atomic E-state index is 0. The SMILES string of the molecule is CO.CO.CO.CO.COc1cccc(/C=N/N=C/c2cccc(OC)c2[O-])c1[O-].COc1cccc(/C=N/N=C/c2cccc(OC)c2[O-])c1[O-].O=C([O-])c1ccccc1.O=C([O-])c1ccccc1.O=C([O-])c1ccccc1.O=C([O-])c1ccccc1.O=C([O-])c1ccccc1.O=C([O-])c1ccccc1.[Ni+2].[Ni+3].[Y+3].[Y]. The normalized spacial score (nSPS) is 9.05. The second-order valence-corrected chi connectivity index (χ2v) is 18.4. The number of carbonyl (C=O) groups excluding carboxylic acids is 6. The van der Waals surface area contributed by atoms with Gasteiger partial charge in [-0.05, 0) is 79.9 Å². The monoisotopic (exact) mass is 1740 g/mol. The first-order valence-electron chi connectivity index (χ1n) is 30.0. The van der Waals surface area contributed by atoms with Crippen molar-refractivity contribution >= 4 is 60.7 Å². The van der Waals surface area contributed by atoms with Crippen LogP contribution in [-0.2, 0) is 98.4 Å². The van der Waals surface area contributed by atoms with E-state index in [-0.39, 0.29) is 178 Å². The van der Waals surface area contributed by atoms with E-state index >= 15 is 0 Å². The fourth-order valence-electron chi connectivity index (χ4n) is 7.01. The van der Waals surface area contributed by atoms with E-state index in [1.165, 1.54) is 126 Å². The Morgan fingerprint density at radius 2 is 0.391 bits per heavy atom. The fourth-order valence-corrected chi connectivity index (χ4v) is 7.01. The number of benzene rings is 10. The van der Waals surface area contributed by atoms with Crippen LogP contribution in [0, 0.1) is 0 Å². The van der Waals surface area contributed by atoms with Gasteiger partial charge in [-0.15, -0.1) is 0 Å². The van der Waals surface area contributed by atoms with Crippen LogP contribution in [0.4, 0.5) is 0 Å². The van der Waals surface area contributed by atoms with Crippen LogP contribution in [0.1, 0.15) is 84.4 Å². The number of aromatic carboxylic acids is 6. The molecule has 0 saturated carbocycles. The molecule has 0 unspecified atom stereocenters. The summed E-state index contributed by atoms with van der Waals surface area (Å²) in [6.07, 6.45) is 5.25. The van der Waals surface area contributed by atoms with Gasteiger partial charge >= 0.3 is 65.7 Å². The molecule has 0 aliphatic heterocycles. The van der Waals surface area contributed by atoms with Crippen LogP contribution < -0.4 is 70.0 Å². The van der Waals surface area contributed by atoms with Crippen molar-refractivity contribution in [3.05, 3.63) is 310 Å². The van der Waals surface area contributed by atoms with Crippen LogP contribution in [0.3, 0.4) is 0 Å². The average molecular weight is 1750 g/mol. The van der Waals surface area contributed by atoms with Crippen LogP contribution in [-0.4, -0.2) is 138 Å². The van der Waals surface area contributed by atoms with Gasteiger partial charge in [-0.25, -0.2) is 0 Å². The van der Waals surface area contributed by atoms with E-state index in [0.717, 1.165) is 28.4 Å². The summed E-state index contributed by atoms with van der Waals surface area (Å²) in [6, 6.07) is 67.8. The molecule has 0 saturated heterocycles. The number of methoxy groups -OCH3 is 4. The largest absolute Gasteiger partial charge is 3.00 e. The van der Waals surface area contributed by atoms with Gasteiger partial charge in [0.15, 0.2) is 0 Å². The van der Waals surface area contributed by atoms with Crippen LogP contribution in [0.5, 0.6) is 46.0 Å². The molecule has 0 bridgehead atoms. The zero-order valence-corrected chi connectivity index (χ0v) is 67.7. The molecule has 10 rings (SSSR count). The topological polar surface area (TPSA) is 500 Å².